The molecule has 0 bridgehead atoms. The summed E-state index contributed by atoms with van der Waals surface area (Å²) in [6.07, 6.45) is 3.77. The highest BCUT2D eigenvalue weighted by molar-refractivity contribution is 7.99. The molecule has 1 aromatic rings. The SMILES string of the molecule is CC(C)NC(C#N)CSc1cnn(C)c1. The van der Waals surface area contributed by atoms with Crippen LogP contribution in [0.3, 0.4) is 0 Å². The minimum Gasteiger partial charge on any atom is -0.299 e. The molecule has 0 radical (unpaired) electrons. The molecule has 0 fully saturated rings. The van der Waals surface area contributed by atoms with Crippen molar-refractivity contribution in [3.63, 3.8) is 0 Å². The van der Waals surface area contributed by atoms with Crippen molar-refractivity contribution < 1.29 is 0 Å². The van der Waals surface area contributed by atoms with Crippen LogP contribution in [-0.2, 0) is 7.05 Å². The summed E-state index contributed by atoms with van der Waals surface area (Å²) in [5, 5.41) is 16.2. The highest BCUT2D eigenvalue weighted by atomic mass is 32.2. The Balaban J connectivity index is 2.38. The summed E-state index contributed by atoms with van der Waals surface area (Å²) in [7, 11) is 1.89. The average molecular weight is 224 g/mol. The van der Waals surface area contributed by atoms with Crippen LogP contribution in [0.15, 0.2) is 17.3 Å². The molecule has 1 atom stereocenters. The van der Waals surface area contributed by atoms with E-state index < -0.39 is 0 Å². The quantitative estimate of drug-likeness (QED) is 0.768. The van der Waals surface area contributed by atoms with Crippen molar-refractivity contribution in [2.75, 3.05) is 5.75 Å². The first-order chi connectivity index (χ1) is 7.11. The van der Waals surface area contributed by atoms with Crippen LogP contribution in [0.2, 0.25) is 0 Å². The minimum atomic E-state index is -0.102. The number of aromatic nitrogens is 2. The standard InChI is InChI=1S/C10H16N4S/c1-8(2)13-9(4-11)7-15-10-5-12-14(3)6-10/h5-6,8-9,13H,7H2,1-3H3. The number of aryl methyl sites for hydroxylation is 1. The topological polar surface area (TPSA) is 53.6 Å². The van der Waals surface area contributed by atoms with Gasteiger partial charge in [-0.25, -0.2) is 0 Å². The van der Waals surface area contributed by atoms with Gasteiger partial charge in [-0.2, -0.15) is 10.4 Å². The number of rotatable bonds is 5. The van der Waals surface area contributed by atoms with Crippen molar-refractivity contribution in [3.05, 3.63) is 12.4 Å². The normalized spacial score (nSPS) is 12.7. The lowest BCUT2D eigenvalue weighted by atomic mass is 10.3. The van der Waals surface area contributed by atoms with E-state index >= 15 is 0 Å². The molecule has 0 aliphatic rings. The van der Waals surface area contributed by atoms with Gasteiger partial charge in [0.25, 0.3) is 0 Å². The van der Waals surface area contributed by atoms with Gasteiger partial charge in [0.15, 0.2) is 0 Å². The van der Waals surface area contributed by atoms with Gasteiger partial charge in [-0.15, -0.1) is 11.8 Å². The van der Waals surface area contributed by atoms with E-state index in [1.54, 1.807) is 16.4 Å². The predicted molar refractivity (Wildman–Crippen MR) is 61.6 cm³/mol. The Morgan fingerprint density at radius 1 is 1.67 bits per heavy atom. The van der Waals surface area contributed by atoms with Crippen LogP contribution in [0, 0.1) is 11.3 Å². The van der Waals surface area contributed by atoms with Gasteiger partial charge < -0.3 is 0 Å². The summed E-state index contributed by atoms with van der Waals surface area (Å²) < 4.78 is 1.76. The van der Waals surface area contributed by atoms with E-state index in [1.807, 2.05) is 33.3 Å². The lowest BCUT2D eigenvalue weighted by molar-refractivity contribution is 0.560. The first kappa shape index (κ1) is 12.1. The molecule has 1 unspecified atom stereocenters. The number of hydrogen-bond donors (Lipinski definition) is 1. The van der Waals surface area contributed by atoms with E-state index in [2.05, 4.69) is 16.5 Å². The smallest absolute Gasteiger partial charge is 0.105 e. The van der Waals surface area contributed by atoms with E-state index in [1.165, 1.54) is 0 Å². The van der Waals surface area contributed by atoms with Crippen LogP contribution in [0.1, 0.15) is 13.8 Å². The number of nitriles is 1. The molecule has 4 nitrogen and oxygen atoms in total. The molecule has 1 aromatic heterocycles. The summed E-state index contributed by atoms with van der Waals surface area (Å²) in [5.41, 5.74) is 0. The van der Waals surface area contributed by atoms with Gasteiger partial charge in [-0.1, -0.05) is 0 Å². The Morgan fingerprint density at radius 3 is 2.87 bits per heavy atom. The first-order valence-electron chi connectivity index (χ1n) is 4.89. The molecule has 5 heteroatoms. The molecular weight excluding hydrogens is 208 g/mol. The zero-order chi connectivity index (χ0) is 11.3. The molecule has 0 aliphatic carbocycles. The van der Waals surface area contributed by atoms with Gasteiger partial charge in [0.05, 0.1) is 12.3 Å². The van der Waals surface area contributed by atoms with Crippen LogP contribution >= 0.6 is 11.8 Å². The molecule has 0 saturated heterocycles. The van der Waals surface area contributed by atoms with Crippen LogP contribution < -0.4 is 5.32 Å². The minimum absolute atomic E-state index is 0.102. The fourth-order valence-electron chi connectivity index (χ4n) is 1.18. The van der Waals surface area contributed by atoms with Gasteiger partial charge in [-0.3, -0.25) is 10.00 Å². The monoisotopic (exact) mass is 224 g/mol. The summed E-state index contributed by atoms with van der Waals surface area (Å²) in [6.45, 7) is 4.08. The van der Waals surface area contributed by atoms with E-state index in [0.29, 0.717) is 6.04 Å². The second kappa shape index (κ2) is 5.79. The summed E-state index contributed by atoms with van der Waals surface area (Å²) >= 11 is 1.65. The Bertz CT molecular complexity index is 339. The largest absolute Gasteiger partial charge is 0.299 e. The highest BCUT2D eigenvalue weighted by Crippen LogP contribution is 2.17. The van der Waals surface area contributed by atoms with Gasteiger partial charge in [0.1, 0.15) is 6.04 Å². The highest BCUT2D eigenvalue weighted by Gasteiger charge is 2.09. The Labute approximate surface area is 94.7 Å². The van der Waals surface area contributed by atoms with E-state index in [9.17, 15) is 0 Å². The fraction of sp³-hybridized carbons (Fsp3) is 0.600. The summed E-state index contributed by atoms with van der Waals surface area (Å²) in [6, 6.07) is 2.49. The lowest BCUT2D eigenvalue weighted by Gasteiger charge is -2.13. The molecule has 0 aliphatic heterocycles. The average Bonchev–Trinajstić information content (AvgIpc) is 2.58. The maximum atomic E-state index is 8.91. The first-order valence-corrected chi connectivity index (χ1v) is 5.87. The van der Waals surface area contributed by atoms with Crippen LogP contribution in [0.25, 0.3) is 0 Å². The maximum absolute atomic E-state index is 8.91. The number of nitrogens with one attached hydrogen (secondary N) is 1. The van der Waals surface area contributed by atoms with Gasteiger partial charge >= 0.3 is 0 Å². The molecular formula is C10H16N4S. The molecule has 15 heavy (non-hydrogen) atoms. The van der Waals surface area contributed by atoms with Gasteiger partial charge in [0, 0.05) is 29.9 Å². The molecule has 1 rings (SSSR count). The number of thioether (sulfide) groups is 1. The van der Waals surface area contributed by atoms with Crippen LogP contribution in [0.5, 0.6) is 0 Å². The maximum Gasteiger partial charge on any atom is 0.105 e. The van der Waals surface area contributed by atoms with Crippen molar-refractivity contribution in [2.24, 2.45) is 7.05 Å². The van der Waals surface area contributed by atoms with E-state index in [0.717, 1.165) is 10.6 Å². The second-order valence-corrected chi connectivity index (χ2v) is 4.76. The second-order valence-electron chi connectivity index (χ2n) is 3.66. The lowest BCUT2D eigenvalue weighted by Crippen LogP contribution is -2.35. The van der Waals surface area contributed by atoms with Crippen LogP contribution in [0.4, 0.5) is 0 Å². The van der Waals surface area contributed by atoms with Crippen molar-refractivity contribution in [1.82, 2.24) is 15.1 Å². The molecule has 0 amide bonds. The Morgan fingerprint density at radius 2 is 2.40 bits per heavy atom. The van der Waals surface area contributed by atoms with Crippen molar-refractivity contribution >= 4 is 11.8 Å². The zero-order valence-corrected chi connectivity index (χ0v) is 10.1. The predicted octanol–water partition coefficient (Wildman–Crippen LogP) is 1.40. The van der Waals surface area contributed by atoms with Crippen molar-refractivity contribution in [3.8, 4) is 6.07 Å². The summed E-state index contributed by atoms with van der Waals surface area (Å²) in [4.78, 5) is 1.10. The molecule has 1 heterocycles. The van der Waals surface area contributed by atoms with Gasteiger partial charge in [-0.05, 0) is 13.8 Å². The Kier molecular flexibility index (Phi) is 4.66. The van der Waals surface area contributed by atoms with Crippen molar-refractivity contribution in [1.29, 1.82) is 5.26 Å². The third-order valence-electron chi connectivity index (χ3n) is 1.79. The Hall–Kier alpha value is -0.990. The molecule has 1 N–H and O–H groups in total. The fourth-order valence-corrected chi connectivity index (χ4v) is 2.06. The zero-order valence-electron chi connectivity index (χ0n) is 9.27. The molecule has 82 valence electrons. The van der Waals surface area contributed by atoms with Crippen LogP contribution in [-0.4, -0.2) is 27.6 Å². The third kappa shape index (κ3) is 4.36. The molecule has 0 spiro atoms. The van der Waals surface area contributed by atoms with E-state index in [4.69, 9.17) is 5.26 Å². The van der Waals surface area contributed by atoms with E-state index in [-0.39, 0.29) is 6.04 Å². The molecule has 0 saturated carbocycles. The number of nitrogens with zero attached hydrogens (tertiary/aromatic N) is 3. The van der Waals surface area contributed by atoms with Crippen molar-refractivity contribution in [2.45, 2.75) is 30.8 Å². The summed E-state index contributed by atoms with van der Waals surface area (Å²) in [5.74, 6) is 0.750. The number of hydrogen-bond acceptors (Lipinski definition) is 4. The molecule has 0 aromatic carbocycles. The van der Waals surface area contributed by atoms with Gasteiger partial charge in [0.2, 0.25) is 0 Å². The third-order valence-corrected chi connectivity index (χ3v) is 2.83.